The summed E-state index contributed by atoms with van der Waals surface area (Å²) in [6.07, 6.45) is 2.18. The fraction of sp³-hybridized carbons (Fsp3) is 0.483. The van der Waals surface area contributed by atoms with Gasteiger partial charge in [0.25, 0.3) is 5.91 Å². The standard InChI is InChI=1S/C29H34FN3O4/c1-31-24-13-22(36-2)7-8-23(24)26-27(31)25(15-34)33(28(35)20-3-5-21(30)6-4-20)18-29(26)16-32(17-29)14-19-9-11-37-12-10-19/h3-8,13,19,25,34H,9-12,14-18H2,1-2H3/t25-/m1/s1. The van der Waals surface area contributed by atoms with Gasteiger partial charge in [-0.05, 0) is 60.7 Å². The molecule has 0 unspecified atom stereocenters. The SMILES string of the molecule is COc1ccc2c3c(n(C)c2c1)[C@@H](CO)N(C(=O)c1ccc(F)cc1)CC31CN(CC2CCOCC2)C1. The highest BCUT2D eigenvalue weighted by atomic mass is 19.1. The van der Waals surface area contributed by atoms with Gasteiger partial charge in [0.05, 0.1) is 25.3 Å². The van der Waals surface area contributed by atoms with Crippen LogP contribution in [0.1, 0.15) is 40.5 Å². The summed E-state index contributed by atoms with van der Waals surface area (Å²) >= 11 is 0. The zero-order valence-electron chi connectivity index (χ0n) is 21.5. The van der Waals surface area contributed by atoms with Crippen molar-refractivity contribution < 1.29 is 23.8 Å². The molecular formula is C29H34FN3O4. The number of amides is 1. The largest absolute Gasteiger partial charge is 0.497 e. The average Bonchev–Trinajstić information content (AvgIpc) is 3.20. The smallest absolute Gasteiger partial charge is 0.254 e. The minimum absolute atomic E-state index is 0.185. The van der Waals surface area contributed by atoms with E-state index >= 15 is 0 Å². The number of rotatable bonds is 5. The maximum absolute atomic E-state index is 13.8. The fourth-order valence-electron chi connectivity index (χ4n) is 6.82. The molecule has 0 aliphatic carbocycles. The number of halogens is 1. The summed E-state index contributed by atoms with van der Waals surface area (Å²) in [5, 5.41) is 11.8. The fourth-order valence-corrected chi connectivity index (χ4v) is 6.82. The zero-order valence-corrected chi connectivity index (χ0v) is 21.5. The maximum atomic E-state index is 13.8. The van der Waals surface area contributed by atoms with E-state index in [1.54, 1.807) is 12.0 Å². The number of aryl methyl sites for hydroxylation is 1. The molecule has 7 nitrogen and oxygen atoms in total. The third-order valence-electron chi connectivity index (χ3n) is 8.58. The molecule has 0 bridgehead atoms. The van der Waals surface area contributed by atoms with Crippen LogP contribution in [0.5, 0.6) is 5.75 Å². The van der Waals surface area contributed by atoms with E-state index in [4.69, 9.17) is 9.47 Å². The van der Waals surface area contributed by atoms with Crippen molar-refractivity contribution in [2.45, 2.75) is 24.3 Å². The molecule has 8 heteroatoms. The van der Waals surface area contributed by atoms with E-state index in [9.17, 15) is 14.3 Å². The van der Waals surface area contributed by atoms with Crippen LogP contribution in [0, 0.1) is 11.7 Å². The number of aliphatic hydroxyl groups is 1. The van der Waals surface area contributed by atoms with Crippen LogP contribution in [-0.2, 0) is 17.2 Å². The van der Waals surface area contributed by atoms with Crippen LogP contribution in [0.3, 0.4) is 0 Å². The number of nitrogens with zero attached hydrogens (tertiary/aromatic N) is 3. The van der Waals surface area contributed by atoms with Gasteiger partial charge in [-0.2, -0.15) is 0 Å². The molecule has 1 atom stereocenters. The molecule has 0 saturated carbocycles. The molecule has 37 heavy (non-hydrogen) atoms. The third kappa shape index (κ3) is 4.02. The van der Waals surface area contributed by atoms with E-state index in [1.807, 2.05) is 19.2 Å². The Morgan fingerprint density at radius 2 is 1.86 bits per heavy atom. The van der Waals surface area contributed by atoms with Gasteiger partial charge in [-0.15, -0.1) is 0 Å². The third-order valence-corrected chi connectivity index (χ3v) is 8.58. The summed E-state index contributed by atoms with van der Waals surface area (Å²) in [4.78, 5) is 18.1. The molecule has 196 valence electrons. The Hall–Kier alpha value is -2.94. The van der Waals surface area contributed by atoms with Crippen molar-refractivity contribution in [2.24, 2.45) is 13.0 Å². The minimum atomic E-state index is -0.494. The number of likely N-dealkylation sites (tertiary alicyclic amines) is 1. The van der Waals surface area contributed by atoms with E-state index < -0.39 is 6.04 Å². The van der Waals surface area contributed by atoms with Gasteiger partial charge in [0.1, 0.15) is 11.6 Å². The van der Waals surface area contributed by atoms with Gasteiger partial charge in [0, 0.05) is 74.6 Å². The van der Waals surface area contributed by atoms with E-state index in [0.29, 0.717) is 18.0 Å². The van der Waals surface area contributed by atoms with Gasteiger partial charge < -0.3 is 28.9 Å². The highest BCUT2D eigenvalue weighted by Crippen LogP contribution is 2.50. The van der Waals surface area contributed by atoms with E-state index in [-0.39, 0.29) is 23.7 Å². The number of carbonyl (C=O) groups is 1. The van der Waals surface area contributed by atoms with Gasteiger partial charge >= 0.3 is 0 Å². The number of methoxy groups -OCH3 is 1. The molecule has 3 aliphatic rings. The highest BCUT2D eigenvalue weighted by molar-refractivity contribution is 5.96. The number of aromatic nitrogens is 1. The lowest BCUT2D eigenvalue weighted by Crippen LogP contribution is -2.67. The van der Waals surface area contributed by atoms with E-state index in [2.05, 4.69) is 15.5 Å². The molecule has 1 N–H and O–H groups in total. The lowest BCUT2D eigenvalue weighted by molar-refractivity contribution is -0.0192. The number of aliphatic hydroxyl groups excluding tert-OH is 1. The number of carbonyl (C=O) groups excluding carboxylic acids is 1. The van der Waals surface area contributed by atoms with Gasteiger partial charge in [0.15, 0.2) is 0 Å². The highest BCUT2D eigenvalue weighted by Gasteiger charge is 2.54. The normalized spacial score (nSPS) is 21.7. The first-order valence-corrected chi connectivity index (χ1v) is 13.1. The molecular weight excluding hydrogens is 473 g/mol. The Morgan fingerprint density at radius 1 is 1.14 bits per heavy atom. The summed E-state index contributed by atoms with van der Waals surface area (Å²) < 4.78 is 26.8. The Bertz CT molecular complexity index is 1310. The van der Waals surface area contributed by atoms with Crippen LogP contribution < -0.4 is 4.74 Å². The first kappa shape index (κ1) is 24.4. The number of benzene rings is 2. The molecule has 1 spiro atoms. The van der Waals surface area contributed by atoms with Gasteiger partial charge in [-0.1, -0.05) is 0 Å². The Balaban J connectivity index is 1.42. The second-order valence-electron chi connectivity index (χ2n) is 10.8. The van der Waals surface area contributed by atoms with Crippen molar-refractivity contribution >= 4 is 16.8 Å². The Morgan fingerprint density at radius 3 is 2.54 bits per heavy atom. The van der Waals surface area contributed by atoms with Crippen LogP contribution in [0.4, 0.5) is 4.39 Å². The van der Waals surface area contributed by atoms with Crippen molar-refractivity contribution in [3.8, 4) is 5.75 Å². The quantitative estimate of drug-likeness (QED) is 0.573. The zero-order chi connectivity index (χ0) is 25.7. The predicted molar refractivity (Wildman–Crippen MR) is 138 cm³/mol. The molecule has 3 aliphatic heterocycles. The topological polar surface area (TPSA) is 67.2 Å². The summed E-state index contributed by atoms with van der Waals surface area (Å²) in [5.41, 5.74) is 3.42. The molecule has 2 aromatic carbocycles. The summed E-state index contributed by atoms with van der Waals surface area (Å²) in [6, 6.07) is 11.3. The average molecular weight is 508 g/mol. The minimum Gasteiger partial charge on any atom is -0.497 e. The summed E-state index contributed by atoms with van der Waals surface area (Å²) in [5.74, 6) is 0.843. The van der Waals surface area contributed by atoms with Crippen molar-refractivity contribution in [1.29, 1.82) is 0 Å². The molecule has 2 saturated heterocycles. The molecule has 4 heterocycles. The first-order valence-electron chi connectivity index (χ1n) is 13.1. The summed E-state index contributed by atoms with van der Waals surface area (Å²) in [6.45, 7) is 4.73. The summed E-state index contributed by atoms with van der Waals surface area (Å²) in [7, 11) is 3.66. The maximum Gasteiger partial charge on any atom is 0.254 e. The van der Waals surface area contributed by atoms with Crippen LogP contribution in [0.2, 0.25) is 0 Å². The molecule has 2 fully saturated rings. The lowest BCUT2D eigenvalue weighted by atomic mass is 9.68. The van der Waals surface area contributed by atoms with Gasteiger partial charge in [-0.3, -0.25) is 4.79 Å². The van der Waals surface area contributed by atoms with E-state index in [1.165, 1.54) is 29.8 Å². The van der Waals surface area contributed by atoms with Crippen LogP contribution in [-0.4, -0.2) is 78.5 Å². The predicted octanol–water partition coefficient (Wildman–Crippen LogP) is 3.50. The van der Waals surface area contributed by atoms with Crippen LogP contribution in [0.25, 0.3) is 10.9 Å². The van der Waals surface area contributed by atoms with Gasteiger partial charge in [-0.25, -0.2) is 4.39 Å². The Labute approximate surface area is 216 Å². The first-order chi connectivity index (χ1) is 17.9. The second-order valence-corrected chi connectivity index (χ2v) is 10.8. The monoisotopic (exact) mass is 507 g/mol. The van der Waals surface area contributed by atoms with E-state index in [0.717, 1.165) is 68.0 Å². The molecule has 1 amide bonds. The number of fused-ring (bicyclic) bond motifs is 4. The number of hydrogen-bond donors (Lipinski definition) is 1. The van der Waals surface area contributed by atoms with Crippen LogP contribution in [0.15, 0.2) is 42.5 Å². The second kappa shape index (κ2) is 9.42. The molecule has 3 aromatic rings. The Kier molecular flexibility index (Phi) is 6.21. The van der Waals surface area contributed by atoms with Crippen molar-refractivity contribution in [3.05, 3.63) is 65.1 Å². The van der Waals surface area contributed by atoms with Crippen molar-refractivity contribution in [2.75, 3.05) is 53.1 Å². The number of hydrogen-bond acceptors (Lipinski definition) is 5. The molecule has 6 rings (SSSR count). The molecule has 0 radical (unpaired) electrons. The van der Waals surface area contributed by atoms with Gasteiger partial charge in [0.2, 0.25) is 0 Å². The van der Waals surface area contributed by atoms with Crippen LogP contribution >= 0.6 is 0 Å². The number of ether oxygens (including phenoxy) is 2. The van der Waals surface area contributed by atoms with Crippen molar-refractivity contribution in [1.82, 2.24) is 14.4 Å². The lowest BCUT2D eigenvalue weighted by Gasteiger charge is -2.57. The van der Waals surface area contributed by atoms with Crippen molar-refractivity contribution in [3.63, 3.8) is 0 Å². The molecule has 1 aromatic heterocycles.